The number of carbonyl (C=O) groups is 1. The lowest BCUT2D eigenvalue weighted by Crippen LogP contribution is -2.51. The van der Waals surface area contributed by atoms with Crippen LogP contribution in [0.2, 0.25) is 5.02 Å². The van der Waals surface area contributed by atoms with Gasteiger partial charge < -0.3 is 15.0 Å². The van der Waals surface area contributed by atoms with Gasteiger partial charge in [-0.3, -0.25) is 4.79 Å². The molecule has 0 saturated carbocycles. The van der Waals surface area contributed by atoms with Crippen molar-refractivity contribution in [2.75, 3.05) is 26.2 Å². The van der Waals surface area contributed by atoms with Crippen LogP contribution in [0.15, 0.2) is 24.3 Å². The Morgan fingerprint density at radius 1 is 1.42 bits per heavy atom. The number of rotatable bonds is 3. The first kappa shape index (κ1) is 12.8. The number of hydrogen-bond donors (Lipinski definition) is 1. The highest BCUT2D eigenvalue weighted by molar-refractivity contribution is 6.30. The lowest BCUT2D eigenvalue weighted by molar-refractivity contribution is -0.136. The monoisotopic (exact) mass is 280 g/mol. The van der Waals surface area contributed by atoms with E-state index in [1.54, 1.807) is 0 Å². The molecule has 0 bridgehead atoms. The van der Waals surface area contributed by atoms with Crippen molar-refractivity contribution >= 4 is 17.5 Å². The van der Waals surface area contributed by atoms with E-state index in [1.807, 2.05) is 29.2 Å². The fourth-order valence-electron chi connectivity index (χ4n) is 2.48. The molecule has 2 heterocycles. The molecule has 1 aromatic rings. The molecule has 4 nitrogen and oxygen atoms in total. The maximum atomic E-state index is 12.1. The summed E-state index contributed by atoms with van der Waals surface area (Å²) in [5, 5.41) is 3.80. The Labute approximate surface area is 117 Å². The van der Waals surface area contributed by atoms with E-state index in [0.717, 1.165) is 31.8 Å². The minimum Gasteiger partial charge on any atom is -0.488 e. The van der Waals surface area contributed by atoms with Crippen molar-refractivity contribution in [1.82, 2.24) is 10.2 Å². The minimum absolute atomic E-state index is 0.0791. The Morgan fingerprint density at radius 3 is 2.95 bits per heavy atom. The van der Waals surface area contributed by atoms with Crippen LogP contribution >= 0.6 is 11.6 Å². The summed E-state index contributed by atoms with van der Waals surface area (Å²) in [6.07, 6.45) is 0.966. The first-order valence-electron chi connectivity index (χ1n) is 6.64. The van der Waals surface area contributed by atoms with Gasteiger partial charge in [-0.1, -0.05) is 17.7 Å². The highest BCUT2D eigenvalue weighted by Gasteiger charge is 2.34. The maximum absolute atomic E-state index is 12.1. The van der Waals surface area contributed by atoms with Crippen molar-refractivity contribution in [2.24, 2.45) is 5.92 Å². The van der Waals surface area contributed by atoms with Gasteiger partial charge >= 0.3 is 0 Å². The largest absolute Gasteiger partial charge is 0.488 e. The van der Waals surface area contributed by atoms with Crippen LogP contribution in [0.1, 0.15) is 6.42 Å². The SMILES string of the molecule is O=C(C1CNC1)N1CCC(Oc2cccc(Cl)c2)C1. The molecule has 2 aliphatic rings. The van der Waals surface area contributed by atoms with Crippen LogP contribution in [0.3, 0.4) is 0 Å². The van der Waals surface area contributed by atoms with Crippen LogP contribution < -0.4 is 10.1 Å². The van der Waals surface area contributed by atoms with Crippen molar-refractivity contribution in [1.29, 1.82) is 0 Å². The third kappa shape index (κ3) is 2.85. The predicted molar refractivity (Wildman–Crippen MR) is 73.4 cm³/mol. The number of amides is 1. The zero-order chi connectivity index (χ0) is 13.2. The van der Waals surface area contributed by atoms with Gasteiger partial charge in [0.2, 0.25) is 5.91 Å². The smallest absolute Gasteiger partial charge is 0.228 e. The molecular formula is C14H17ClN2O2. The van der Waals surface area contributed by atoms with E-state index in [9.17, 15) is 4.79 Å². The van der Waals surface area contributed by atoms with Gasteiger partial charge in [0.25, 0.3) is 0 Å². The average Bonchev–Trinajstić information content (AvgIpc) is 2.75. The Bertz CT molecular complexity index is 476. The van der Waals surface area contributed by atoms with Crippen LogP contribution in [-0.4, -0.2) is 43.1 Å². The van der Waals surface area contributed by atoms with Crippen molar-refractivity contribution < 1.29 is 9.53 Å². The third-order valence-electron chi connectivity index (χ3n) is 3.69. The second-order valence-electron chi connectivity index (χ2n) is 5.13. The molecular weight excluding hydrogens is 264 g/mol. The Kier molecular flexibility index (Phi) is 3.62. The molecule has 2 aliphatic heterocycles. The summed E-state index contributed by atoms with van der Waals surface area (Å²) in [5.74, 6) is 1.21. The summed E-state index contributed by atoms with van der Waals surface area (Å²) in [7, 11) is 0. The molecule has 1 N–H and O–H groups in total. The number of nitrogens with zero attached hydrogens (tertiary/aromatic N) is 1. The van der Waals surface area contributed by atoms with Crippen LogP contribution in [0.4, 0.5) is 0 Å². The van der Waals surface area contributed by atoms with Crippen LogP contribution in [0.5, 0.6) is 5.75 Å². The average molecular weight is 281 g/mol. The van der Waals surface area contributed by atoms with Gasteiger partial charge in [0.05, 0.1) is 12.5 Å². The third-order valence-corrected chi connectivity index (χ3v) is 3.92. The van der Waals surface area contributed by atoms with Crippen LogP contribution in [0, 0.1) is 5.92 Å². The van der Waals surface area contributed by atoms with Crippen molar-refractivity contribution in [3.63, 3.8) is 0 Å². The molecule has 19 heavy (non-hydrogen) atoms. The standard InChI is InChI=1S/C14H17ClN2O2/c15-11-2-1-3-12(6-11)19-13-4-5-17(9-13)14(18)10-7-16-8-10/h1-3,6,10,13,16H,4-5,7-9H2. The Hall–Kier alpha value is -1.26. The summed E-state index contributed by atoms with van der Waals surface area (Å²) < 4.78 is 5.87. The molecule has 3 rings (SSSR count). The van der Waals surface area contributed by atoms with Gasteiger partial charge in [-0.05, 0) is 18.2 Å². The molecule has 0 aliphatic carbocycles. The first-order chi connectivity index (χ1) is 9.22. The zero-order valence-corrected chi connectivity index (χ0v) is 11.4. The lowest BCUT2D eigenvalue weighted by Gasteiger charge is -2.30. The Morgan fingerprint density at radius 2 is 2.26 bits per heavy atom. The van der Waals surface area contributed by atoms with Crippen LogP contribution in [0.25, 0.3) is 0 Å². The van der Waals surface area contributed by atoms with Crippen LogP contribution in [-0.2, 0) is 4.79 Å². The highest BCUT2D eigenvalue weighted by atomic mass is 35.5. The second-order valence-corrected chi connectivity index (χ2v) is 5.56. The van der Waals surface area contributed by atoms with E-state index in [-0.39, 0.29) is 17.9 Å². The van der Waals surface area contributed by atoms with Gasteiger partial charge in [0, 0.05) is 31.1 Å². The number of ether oxygens (including phenoxy) is 1. The van der Waals surface area contributed by atoms with E-state index in [2.05, 4.69) is 5.32 Å². The molecule has 0 radical (unpaired) electrons. The van der Waals surface area contributed by atoms with Crippen molar-refractivity contribution in [2.45, 2.75) is 12.5 Å². The number of hydrogen-bond acceptors (Lipinski definition) is 3. The molecule has 1 atom stereocenters. The molecule has 1 amide bonds. The molecule has 102 valence electrons. The number of halogens is 1. The molecule has 5 heteroatoms. The van der Waals surface area contributed by atoms with Crippen molar-refractivity contribution in [3.8, 4) is 5.75 Å². The summed E-state index contributed by atoms with van der Waals surface area (Å²) in [5.41, 5.74) is 0. The quantitative estimate of drug-likeness (QED) is 0.913. The van der Waals surface area contributed by atoms with Gasteiger partial charge in [0.1, 0.15) is 11.9 Å². The van der Waals surface area contributed by atoms with Gasteiger partial charge in [0.15, 0.2) is 0 Å². The number of carbonyl (C=O) groups excluding carboxylic acids is 1. The number of nitrogens with one attached hydrogen (secondary N) is 1. The van der Waals surface area contributed by atoms with E-state index in [0.29, 0.717) is 11.6 Å². The fourth-order valence-corrected chi connectivity index (χ4v) is 2.66. The second kappa shape index (κ2) is 5.39. The van der Waals surface area contributed by atoms with E-state index >= 15 is 0 Å². The summed E-state index contributed by atoms with van der Waals surface area (Å²) in [6.45, 7) is 3.10. The number of likely N-dealkylation sites (tertiary alicyclic amines) is 1. The van der Waals surface area contributed by atoms with Gasteiger partial charge in [-0.2, -0.15) is 0 Å². The number of benzene rings is 1. The fraction of sp³-hybridized carbons (Fsp3) is 0.500. The summed E-state index contributed by atoms with van der Waals surface area (Å²) in [4.78, 5) is 14.0. The van der Waals surface area contributed by atoms with E-state index in [1.165, 1.54) is 0 Å². The topological polar surface area (TPSA) is 41.6 Å². The summed E-state index contributed by atoms with van der Waals surface area (Å²) >= 11 is 5.93. The van der Waals surface area contributed by atoms with E-state index < -0.39 is 0 Å². The maximum Gasteiger partial charge on any atom is 0.228 e. The molecule has 2 saturated heterocycles. The highest BCUT2D eigenvalue weighted by Crippen LogP contribution is 2.22. The Balaban J connectivity index is 1.55. The van der Waals surface area contributed by atoms with Gasteiger partial charge in [-0.15, -0.1) is 0 Å². The molecule has 1 unspecified atom stereocenters. The van der Waals surface area contributed by atoms with Crippen molar-refractivity contribution in [3.05, 3.63) is 29.3 Å². The lowest BCUT2D eigenvalue weighted by atomic mass is 10.0. The molecule has 0 aromatic heterocycles. The minimum atomic E-state index is 0.0791. The molecule has 1 aromatic carbocycles. The van der Waals surface area contributed by atoms with Gasteiger partial charge in [-0.25, -0.2) is 0 Å². The van der Waals surface area contributed by atoms with E-state index in [4.69, 9.17) is 16.3 Å². The molecule has 2 fully saturated rings. The first-order valence-corrected chi connectivity index (χ1v) is 7.02. The summed E-state index contributed by atoms with van der Waals surface area (Å²) in [6, 6.07) is 7.39. The zero-order valence-electron chi connectivity index (χ0n) is 10.6. The normalized spacial score (nSPS) is 23.2. The predicted octanol–water partition coefficient (Wildman–Crippen LogP) is 1.54. The molecule has 0 spiro atoms.